The Kier molecular flexibility index (Phi) is 11.1. The van der Waals surface area contributed by atoms with Gasteiger partial charge in [0.25, 0.3) is 0 Å². The Balaban J connectivity index is 1.82. The number of carbonyl (C=O) groups is 2. The molecule has 3 aromatic carbocycles. The molecule has 0 spiro atoms. The molecule has 5 heteroatoms. The third-order valence-corrected chi connectivity index (χ3v) is 7.14. The van der Waals surface area contributed by atoms with Crippen LogP contribution in [0, 0.1) is 13.8 Å². The molecule has 0 radical (unpaired) electrons. The van der Waals surface area contributed by atoms with Gasteiger partial charge in [-0.05, 0) is 37.0 Å². The number of aryl methyl sites for hydroxylation is 2. The number of nitrogens with zero attached hydrogens (tertiary/aromatic N) is 1. The number of unbranched alkanes of at least 4 members (excludes halogenated alkanes) is 1. The molecule has 0 aliphatic heterocycles. The summed E-state index contributed by atoms with van der Waals surface area (Å²) in [6.45, 7) is 7.25. The minimum Gasteiger partial charge on any atom is -0.354 e. The van der Waals surface area contributed by atoms with Crippen molar-refractivity contribution in [2.24, 2.45) is 0 Å². The van der Waals surface area contributed by atoms with Crippen LogP contribution in [0.25, 0.3) is 0 Å². The summed E-state index contributed by atoms with van der Waals surface area (Å²) in [5.41, 5.74) is 5.64. The fourth-order valence-electron chi connectivity index (χ4n) is 4.09. The lowest BCUT2D eigenvalue weighted by atomic mass is 10.0. The van der Waals surface area contributed by atoms with Crippen LogP contribution in [0.15, 0.2) is 78.9 Å². The number of carbonyl (C=O) groups excluding carboxylic acids is 2. The Bertz CT molecular complexity index is 1100. The highest BCUT2D eigenvalue weighted by Gasteiger charge is 2.30. The van der Waals surface area contributed by atoms with E-state index in [9.17, 15) is 9.59 Å². The average Bonchev–Trinajstić information content (AvgIpc) is 2.88. The van der Waals surface area contributed by atoms with Gasteiger partial charge in [0, 0.05) is 25.3 Å². The minimum atomic E-state index is -0.572. The summed E-state index contributed by atoms with van der Waals surface area (Å²) in [5.74, 6) is 0.987. The first-order valence-corrected chi connectivity index (χ1v) is 13.9. The highest BCUT2D eigenvalue weighted by molar-refractivity contribution is 7.99. The standard InChI is InChI=1S/C31H38N2O2S/c1-4-5-18-32-31(35)29(20-26-11-7-6-8-12-26)33(21-28-13-9-10-25(3)19-28)30(34)23-36-22-27-16-14-24(2)15-17-27/h6-17,19,29H,4-5,18,20-23H2,1-3H3,(H,32,35)/t29-/m0/s1. The highest BCUT2D eigenvalue weighted by atomic mass is 32.2. The third kappa shape index (κ3) is 8.87. The quantitative estimate of drug-likeness (QED) is 0.288. The van der Waals surface area contributed by atoms with Gasteiger partial charge in [-0.1, -0.05) is 103 Å². The first-order valence-electron chi connectivity index (χ1n) is 12.8. The molecule has 190 valence electrons. The second-order valence-electron chi connectivity index (χ2n) is 9.34. The number of benzene rings is 3. The fourth-order valence-corrected chi connectivity index (χ4v) is 4.96. The molecule has 0 saturated carbocycles. The molecule has 3 aromatic rings. The van der Waals surface area contributed by atoms with E-state index in [1.807, 2.05) is 55.5 Å². The smallest absolute Gasteiger partial charge is 0.243 e. The summed E-state index contributed by atoms with van der Waals surface area (Å²) in [6.07, 6.45) is 2.41. The van der Waals surface area contributed by atoms with E-state index in [4.69, 9.17) is 0 Å². The Morgan fingerprint density at radius 3 is 2.28 bits per heavy atom. The normalized spacial score (nSPS) is 11.6. The number of hydrogen-bond donors (Lipinski definition) is 1. The second-order valence-corrected chi connectivity index (χ2v) is 10.3. The zero-order valence-electron chi connectivity index (χ0n) is 21.7. The van der Waals surface area contributed by atoms with E-state index >= 15 is 0 Å². The summed E-state index contributed by atoms with van der Waals surface area (Å²) in [4.78, 5) is 28.9. The molecule has 0 aliphatic rings. The van der Waals surface area contributed by atoms with Crippen molar-refractivity contribution >= 4 is 23.6 Å². The van der Waals surface area contributed by atoms with Crippen LogP contribution in [0.3, 0.4) is 0 Å². The molecule has 0 saturated heterocycles. The van der Waals surface area contributed by atoms with Crippen molar-refractivity contribution in [3.05, 3.63) is 107 Å². The maximum atomic E-state index is 13.7. The maximum Gasteiger partial charge on any atom is 0.243 e. The second kappa shape index (κ2) is 14.5. The lowest BCUT2D eigenvalue weighted by Gasteiger charge is -2.31. The highest BCUT2D eigenvalue weighted by Crippen LogP contribution is 2.19. The summed E-state index contributed by atoms with van der Waals surface area (Å²) in [7, 11) is 0. The number of amides is 2. The number of thioether (sulfide) groups is 1. The molecular formula is C31H38N2O2S. The van der Waals surface area contributed by atoms with Gasteiger partial charge in [0.1, 0.15) is 6.04 Å². The van der Waals surface area contributed by atoms with E-state index in [1.165, 1.54) is 11.1 Å². The first kappa shape index (κ1) is 27.5. The molecule has 4 nitrogen and oxygen atoms in total. The molecule has 0 aliphatic carbocycles. The van der Waals surface area contributed by atoms with E-state index < -0.39 is 6.04 Å². The van der Waals surface area contributed by atoms with Gasteiger partial charge in [0.15, 0.2) is 0 Å². The van der Waals surface area contributed by atoms with Crippen LogP contribution in [0.2, 0.25) is 0 Å². The van der Waals surface area contributed by atoms with Gasteiger partial charge in [0.2, 0.25) is 11.8 Å². The summed E-state index contributed by atoms with van der Waals surface area (Å²) < 4.78 is 0. The van der Waals surface area contributed by atoms with E-state index in [0.717, 1.165) is 35.3 Å². The molecule has 2 amide bonds. The van der Waals surface area contributed by atoms with Gasteiger partial charge in [0.05, 0.1) is 5.75 Å². The van der Waals surface area contributed by atoms with Crippen LogP contribution in [-0.2, 0) is 28.3 Å². The van der Waals surface area contributed by atoms with E-state index in [2.05, 4.69) is 49.5 Å². The largest absolute Gasteiger partial charge is 0.354 e. The minimum absolute atomic E-state index is 0.0137. The average molecular weight is 503 g/mol. The van der Waals surface area contributed by atoms with Crippen LogP contribution < -0.4 is 5.32 Å². The van der Waals surface area contributed by atoms with Crippen molar-refractivity contribution in [2.75, 3.05) is 12.3 Å². The van der Waals surface area contributed by atoms with Crippen LogP contribution in [0.5, 0.6) is 0 Å². The van der Waals surface area contributed by atoms with E-state index in [0.29, 0.717) is 25.3 Å². The van der Waals surface area contributed by atoms with Crippen molar-refractivity contribution in [1.82, 2.24) is 10.2 Å². The van der Waals surface area contributed by atoms with Crippen molar-refractivity contribution < 1.29 is 9.59 Å². The number of nitrogens with one attached hydrogen (secondary N) is 1. The number of rotatable bonds is 13. The van der Waals surface area contributed by atoms with Crippen LogP contribution in [0.4, 0.5) is 0 Å². The molecule has 36 heavy (non-hydrogen) atoms. The number of hydrogen-bond acceptors (Lipinski definition) is 3. The van der Waals surface area contributed by atoms with E-state index in [-0.39, 0.29) is 11.8 Å². The fraction of sp³-hybridized carbons (Fsp3) is 0.355. The predicted molar refractivity (Wildman–Crippen MR) is 151 cm³/mol. The summed E-state index contributed by atoms with van der Waals surface area (Å²) >= 11 is 1.60. The van der Waals surface area contributed by atoms with Gasteiger partial charge < -0.3 is 10.2 Å². The lowest BCUT2D eigenvalue weighted by Crippen LogP contribution is -2.51. The van der Waals surface area contributed by atoms with Crippen molar-refractivity contribution in [2.45, 2.75) is 58.4 Å². The molecule has 1 atom stereocenters. The zero-order valence-corrected chi connectivity index (χ0v) is 22.5. The molecule has 0 bridgehead atoms. The van der Waals surface area contributed by atoms with Gasteiger partial charge >= 0.3 is 0 Å². The predicted octanol–water partition coefficient (Wildman–Crippen LogP) is 6.09. The van der Waals surface area contributed by atoms with Crippen LogP contribution in [0.1, 0.15) is 47.6 Å². The van der Waals surface area contributed by atoms with E-state index in [1.54, 1.807) is 16.7 Å². The first-order chi connectivity index (χ1) is 17.5. The molecule has 1 N–H and O–H groups in total. The van der Waals surface area contributed by atoms with Gasteiger partial charge in [-0.3, -0.25) is 9.59 Å². The molecule has 0 aromatic heterocycles. The lowest BCUT2D eigenvalue weighted by molar-refractivity contribution is -0.139. The van der Waals surface area contributed by atoms with Crippen LogP contribution in [-0.4, -0.2) is 35.1 Å². The monoisotopic (exact) mass is 502 g/mol. The SMILES string of the molecule is CCCCNC(=O)[C@H](Cc1ccccc1)N(Cc1cccc(C)c1)C(=O)CSCc1ccc(C)cc1. The summed E-state index contributed by atoms with van der Waals surface area (Å²) in [6, 6.07) is 26.0. The van der Waals surface area contributed by atoms with Gasteiger partial charge in [-0.25, -0.2) is 0 Å². The van der Waals surface area contributed by atoms with Crippen molar-refractivity contribution in [3.63, 3.8) is 0 Å². The van der Waals surface area contributed by atoms with Crippen LogP contribution >= 0.6 is 11.8 Å². The zero-order chi connectivity index (χ0) is 25.8. The van der Waals surface area contributed by atoms with Crippen molar-refractivity contribution in [3.8, 4) is 0 Å². The van der Waals surface area contributed by atoms with Gasteiger partial charge in [-0.2, -0.15) is 0 Å². The maximum absolute atomic E-state index is 13.7. The van der Waals surface area contributed by atoms with Crippen molar-refractivity contribution in [1.29, 1.82) is 0 Å². The molecule has 0 heterocycles. The Labute approximate surface area is 220 Å². The molecular weight excluding hydrogens is 464 g/mol. The Morgan fingerprint density at radius 1 is 0.861 bits per heavy atom. The Hall–Kier alpha value is -3.05. The molecule has 0 unspecified atom stereocenters. The molecule has 3 rings (SSSR count). The summed E-state index contributed by atoms with van der Waals surface area (Å²) in [5, 5.41) is 3.08. The Morgan fingerprint density at radius 2 is 1.58 bits per heavy atom. The topological polar surface area (TPSA) is 49.4 Å². The van der Waals surface area contributed by atoms with Gasteiger partial charge in [-0.15, -0.1) is 11.8 Å². The third-order valence-electron chi connectivity index (χ3n) is 6.15. The molecule has 0 fully saturated rings.